The van der Waals surface area contributed by atoms with E-state index in [0.717, 1.165) is 0 Å². The van der Waals surface area contributed by atoms with Gasteiger partial charge in [0.15, 0.2) is 0 Å². The van der Waals surface area contributed by atoms with E-state index in [1.165, 1.54) is 0 Å². The molecule has 0 saturated heterocycles. The molecule has 5 heteroatoms. The van der Waals surface area contributed by atoms with Crippen LogP contribution in [0.4, 0.5) is 0 Å². The highest BCUT2D eigenvalue weighted by Gasteiger charge is 2.43. The Morgan fingerprint density at radius 2 is 1.92 bits per heavy atom. The van der Waals surface area contributed by atoms with Crippen LogP contribution in [0.25, 0.3) is 0 Å². The zero-order chi connectivity index (χ0) is 10.7. The van der Waals surface area contributed by atoms with Gasteiger partial charge in [0, 0.05) is 6.54 Å². The predicted octanol–water partition coefficient (Wildman–Crippen LogP) is 1.03. The second kappa shape index (κ2) is 4.39. The highest BCUT2D eigenvalue weighted by Crippen LogP contribution is 2.30. The van der Waals surface area contributed by atoms with Gasteiger partial charge in [0.05, 0.1) is 0 Å². The van der Waals surface area contributed by atoms with E-state index >= 15 is 0 Å². The molecule has 1 unspecified atom stereocenters. The highest BCUT2D eigenvalue weighted by molar-refractivity contribution is 7.87. The van der Waals surface area contributed by atoms with Crippen LogP contribution in [0.3, 0.4) is 0 Å². The van der Waals surface area contributed by atoms with E-state index in [4.69, 9.17) is 10.3 Å². The molecule has 0 aliphatic rings. The van der Waals surface area contributed by atoms with Gasteiger partial charge in [-0.15, -0.1) is 0 Å². The van der Waals surface area contributed by atoms with Crippen molar-refractivity contribution in [1.29, 1.82) is 0 Å². The number of nitrogens with two attached hydrogens (primary N) is 1. The summed E-state index contributed by atoms with van der Waals surface area (Å²) in [6, 6.07) is 0. The van der Waals surface area contributed by atoms with Crippen molar-refractivity contribution in [1.82, 2.24) is 0 Å². The van der Waals surface area contributed by atoms with Crippen molar-refractivity contribution < 1.29 is 13.0 Å². The average molecular weight is 209 g/mol. The predicted molar refractivity (Wildman–Crippen MR) is 53.1 cm³/mol. The Kier molecular flexibility index (Phi) is 4.35. The molecule has 0 amide bonds. The molecule has 0 bridgehead atoms. The molecule has 0 aromatic carbocycles. The second-order valence-corrected chi connectivity index (χ2v) is 5.41. The van der Waals surface area contributed by atoms with E-state index in [-0.39, 0.29) is 12.5 Å². The van der Waals surface area contributed by atoms with Gasteiger partial charge in [0.25, 0.3) is 10.1 Å². The summed E-state index contributed by atoms with van der Waals surface area (Å²) in [5, 5.41) is 0. The van der Waals surface area contributed by atoms with E-state index in [1.54, 1.807) is 13.8 Å². The molecule has 0 saturated carbocycles. The van der Waals surface area contributed by atoms with Crippen LogP contribution in [-0.4, -0.2) is 24.3 Å². The van der Waals surface area contributed by atoms with Gasteiger partial charge in [0.2, 0.25) is 0 Å². The molecule has 0 fully saturated rings. The molecule has 0 aromatic rings. The third-order valence-electron chi connectivity index (χ3n) is 2.58. The fraction of sp³-hybridized carbons (Fsp3) is 1.00. The van der Waals surface area contributed by atoms with Crippen molar-refractivity contribution in [3.63, 3.8) is 0 Å². The lowest BCUT2D eigenvalue weighted by Crippen LogP contribution is -2.49. The number of rotatable bonds is 5. The van der Waals surface area contributed by atoms with Gasteiger partial charge in [-0.1, -0.05) is 27.2 Å². The molecule has 0 aromatic heterocycles. The molecule has 3 N–H and O–H groups in total. The SMILES string of the molecule is CCCC(CN)(C(C)C)S(=O)(=O)O. The first-order valence-corrected chi connectivity index (χ1v) is 5.93. The first-order chi connectivity index (χ1) is 5.81. The fourth-order valence-corrected chi connectivity index (χ4v) is 2.85. The average Bonchev–Trinajstić information content (AvgIpc) is 1.96. The topological polar surface area (TPSA) is 80.4 Å². The van der Waals surface area contributed by atoms with Crippen LogP contribution in [0.2, 0.25) is 0 Å². The second-order valence-electron chi connectivity index (χ2n) is 3.65. The van der Waals surface area contributed by atoms with Gasteiger partial charge in [-0.2, -0.15) is 8.42 Å². The number of hydrogen-bond acceptors (Lipinski definition) is 3. The lowest BCUT2D eigenvalue weighted by molar-refractivity contribution is 0.341. The summed E-state index contributed by atoms with van der Waals surface area (Å²) >= 11 is 0. The molecule has 0 heterocycles. The zero-order valence-corrected chi connectivity index (χ0v) is 9.26. The first kappa shape index (κ1) is 12.9. The van der Waals surface area contributed by atoms with Crippen molar-refractivity contribution in [2.75, 3.05) is 6.54 Å². The Labute approximate surface area is 80.3 Å². The van der Waals surface area contributed by atoms with Crippen LogP contribution in [0, 0.1) is 5.92 Å². The Morgan fingerprint density at radius 3 is 2.00 bits per heavy atom. The van der Waals surface area contributed by atoms with Crippen molar-refractivity contribution in [3.05, 3.63) is 0 Å². The van der Waals surface area contributed by atoms with Gasteiger partial charge in [-0.05, 0) is 12.3 Å². The quantitative estimate of drug-likeness (QED) is 0.663. The van der Waals surface area contributed by atoms with E-state index in [1.807, 2.05) is 6.92 Å². The summed E-state index contributed by atoms with van der Waals surface area (Å²) in [4.78, 5) is 0. The standard InChI is InChI=1S/C8H19NO3S/c1-4-5-8(6-9,7(2)3)13(10,11)12/h7H,4-6,9H2,1-3H3,(H,10,11,12). The van der Waals surface area contributed by atoms with Crippen LogP contribution in [-0.2, 0) is 10.1 Å². The van der Waals surface area contributed by atoms with E-state index < -0.39 is 14.9 Å². The lowest BCUT2D eigenvalue weighted by atomic mass is 9.90. The Hall–Kier alpha value is -0.130. The molecule has 0 aliphatic carbocycles. The van der Waals surface area contributed by atoms with E-state index in [9.17, 15) is 8.42 Å². The summed E-state index contributed by atoms with van der Waals surface area (Å²) in [7, 11) is -4.06. The largest absolute Gasteiger partial charge is 0.329 e. The van der Waals surface area contributed by atoms with Crippen molar-refractivity contribution in [2.24, 2.45) is 11.7 Å². The molecule has 80 valence electrons. The van der Waals surface area contributed by atoms with Gasteiger partial charge in [0.1, 0.15) is 4.75 Å². The maximum Gasteiger partial charge on any atom is 0.272 e. The normalized spacial score (nSPS) is 17.4. The maximum atomic E-state index is 11.2. The summed E-state index contributed by atoms with van der Waals surface area (Å²) in [5.41, 5.74) is 5.44. The highest BCUT2D eigenvalue weighted by atomic mass is 32.2. The Balaban J connectivity index is 5.12. The monoisotopic (exact) mass is 209 g/mol. The smallest absolute Gasteiger partial charge is 0.272 e. The van der Waals surface area contributed by atoms with Crippen molar-refractivity contribution >= 4 is 10.1 Å². The molecular formula is C8H19NO3S. The molecule has 13 heavy (non-hydrogen) atoms. The summed E-state index contributed by atoms with van der Waals surface area (Å²) in [6.45, 7) is 5.36. The molecule has 4 nitrogen and oxygen atoms in total. The van der Waals surface area contributed by atoms with Crippen LogP contribution < -0.4 is 5.73 Å². The van der Waals surface area contributed by atoms with Crippen LogP contribution >= 0.6 is 0 Å². The molecule has 1 atom stereocenters. The molecule has 0 spiro atoms. The first-order valence-electron chi connectivity index (χ1n) is 4.49. The maximum absolute atomic E-state index is 11.2. The lowest BCUT2D eigenvalue weighted by Gasteiger charge is -2.32. The minimum Gasteiger partial charge on any atom is -0.329 e. The zero-order valence-electron chi connectivity index (χ0n) is 8.45. The minimum absolute atomic E-state index is 0.0304. The third kappa shape index (κ3) is 2.42. The summed E-state index contributed by atoms with van der Waals surface area (Å²) < 4.78 is 30.3. The Bertz CT molecular complexity index is 248. The molecule has 0 radical (unpaired) electrons. The van der Waals surface area contributed by atoms with Crippen LogP contribution in [0.15, 0.2) is 0 Å². The van der Waals surface area contributed by atoms with E-state index in [0.29, 0.717) is 12.8 Å². The fourth-order valence-electron chi connectivity index (χ4n) is 1.58. The summed E-state index contributed by atoms with van der Waals surface area (Å²) in [5.74, 6) is -0.174. The third-order valence-corrected chi connectivity index (χ3v) is 4.45. The Morgan fingerprint density at radius 1 is 1.46 bits per heavy atom. The molecule has 0 aliphatic heterocycles. The van der Waals surface area contributed by atoms with E-state index in [2.05, 4.69) is 0 Å². The van der Waals surface area contributed by atoms with Gasteiger partial charge in [-0.25, -0.2) is 0 Å². The van der Waals surface area contributed by atoms with Crippen molar-refractivity contribution in [2.45, 2.75) is 38.4 Å². The van der Waals surface area contributed by atoms with Gasteiger partial charge >= 0.3 is 0 Å². The minimum atomic E-state index is -4.06. The van der Waals surface area contributed by atoms with Crippen LogP contribution in [0.5, 0.6) is 0 Å². The van der Waals surface area contributed by atoms with Gasteiger partial charge < -0.3 is 5.73 Å². The number of hydrogen-bond donors (Lipinski definition) is 2. The van der Waals surface area contributed by atoms with Crippen molar-refractivity contribution in [3.8, 4) is 0 Å². The molecular weight excluding hydrogens is 190 g/mol. The molecule has 0 rings (SSSR count). The van der Waals surface area contributed by atoms with Crippen LogP contribution in [0.1, 0.15) is 33.6 Å². The van der Waals surface area contributed by atoms with Gasteiger partial charge in [-0.3, -0.25) is 4.55 Å². The summed E-state index contributed by atoms with van der Waals surface area (Å²) in [6.07, 6.45) is 1.09.